The average Bonchev–Trinajstić information content (AvgIpc) is 2.80. The van der Waals surface area contributed by atoms with Gasteiger partial charge in [-0.25, -0.2) is 0 Å². The molecule has 2 aliphatic rings. The predicted octanol–water partition coefficient (Wildman–Crippen LogP) is 3.52. The molecule has 1 N–H and O–H groups in total. The second-order valence-corrected chi connectivity index (χ2v) is 6.22. The molecule has 2 heteroatoms. The lowest BCUT2D eigenvalue weighted by molar-refractivity contribution is 0.254. The zero-order chi connectivity index (χ0) is 13.2. The molecule has 2 fully saturated rings. The maximum Gasteiger partial charge on any atom is 0.0672 e. The van der Waals surface area contributed by atoms with E-state index < -0.39 is 0 Å². The van der Waals surface area contributed by atoms with Crippen LogP contribution in [0.5, 0.6) is 0 Å². The Morgan fingerprint density at radius 2 is 2.11 bits per heavy atom. The van der Waals surface area contributed by atoms with Crippen LogP contribution in [0.3, 0.4) is 0 Å². The summed E-state index contributed by atoms with van der Waals surface area (Å²) in [5.41, 5.74) is 2.84. The third-order valence-corrected chi connectivity index (χ3v) is 4.78. The summed E-state index contributed by atoms with van der Waals surface area (Å²) < 4.78 is 0. The Labute approximate surface area is 115 Å². The van der Waals surface area contributed by atoms with Crippen LogP contribution >= 0.6 is 0 Å². The van der Waals surface area contributed by atoms with Gasteiger partial charge in [0.05, 0.1) is 12.0 Å². The van der Waals surface area contributed by atoms with Gasteiger partial charge in [0.15, 0.2) is 0 Å². The van der Waals surface area contributed by atoms with E-state index in [1.54, 1.807) is 0 Å². The molecule has 1 aromatic rings. The molecule has 2 saturated carbocycles. The van der Waals surface area contributed by atoms with Crippen LogP contribution in [-0.2, 0) is 0 Å². The number of nitrogens with zero attached hydrogens (tertiary/aromatic N) is 1. The Morgan fingerprint density at radius 3 is 2.84 bits per heavy atom. The van der Waals surface area contributed by atoms with Crippen LogP contribution in [0, 0.1) is 24.2 Å². The first kappa shape index (κ1) is 12.7. The van der Waals surface area contributed by atoms with E-state index in [0.29, 0.717) is 12.1 Å². The van der Waals surface area contributed by atoms with Crippen LogP contribution in [0.15, 0.2) is 24.3 Å². The van der Waals surface area contributed by atoms with Gasteiger partial charge in [-0.15, -0.1) is 0 Å². The summed E-state index contributed by atoms with van der Waals surface area (Å²) in [5.74, 6) is 0.970. The zero-order valence-corrected chi connectivity index (χ0v) is 11.6. The van der Waals surface area contributed by atoms with Gasteiger partial charge in [0.25, 0.3) is 0 Å². The molecule has 0 amide bonds. The zero-order valence-electron chi connectivity index (χ0n) is 11.6. The monoisotopic (exact) mass is 254 g/mol. The van der Waals surface area contributed by atoms with Crippen molar-refractivity contribution in [1.82, 2.24) is 5.32 Å². The molecule has 19 heavy (non-hydrogen) atoms. The summed E-state index contributed by atoms with van der Waals surface area (Å²) in [5, 5.41) is 12.8. The molecule has 2 unspecified atom stereocenters. The van der Waals surface area contributed by atoms with E-state index in [9.17, 15) is 0 Å². The molecule has 0 aromatic heterocycles. The van der Waals surface area contributed by atoms with Crippen molar-refractivity contribution in [2.24, 2.45) is 5.92 Å². The fourth-order valence-corrected chi connectivity index (χ4v) is 3.57. The van der Waals surface area contributed by atoms with Gasteiger partial charge in [-0.05, 0) is 44.1 Å². The van der Waals surface area contributed by atoms with Crippen LogP contribution < -0.4 is 5.32 Å². The SMILES string of the molecule is Cc1cccc(C2CC(NC3CCCC3C#N)C2)c1. The van der Waals surface area contributed by atoms with Crippen molar-refractivity contribution in [3.8, 4) is 6.07 Å². The Bertz CT molecular complexity index is 482. The van der Waals surface area contributed by atoms with Gasteiger partial charge in [-0.1, -0.05) is 36.2 Å². The molecular formula is C17H22N2. The van der Waals surface area contributed by atoms with E-state index in [-0.39, 0.29) is 5.92 Å². The average molecular weight is 254 g/mol. The number of hydrogen-bond donors (Lipinski definition) is 1. The van der Waals surface area contributed by atoms with E-state index in [1.807, 2.05) is 0 Å². The van der Waals surface area contributed by atoms with Gasteiger partial charge in [0.2, 0.25) is 0 Å². The Balaban J connectivity index is 1.52. The van der Waals surface area contributed by atoms with Crippen LogP contribution in [0.2, 0.25) is 0 Å². The molecule has 1 aromatic carbocycles. The van der Waals surface area contributed by atoms with Gasteiger partial charge >= 0.3 is 0 Å². The minimum absolute atomic E-state index is 0.248. The van der Waals surface area contributed by atoms with Gasteiger partial charge in [-0.2, -0.15) is 5.26 Å². The molecule has 0 spiro atoms. The highest BCUT2D eigenvalue weighted by Gasteiger charge is 2.35. The molecule has 0 saturated heterocycles. The van der Waals surface area contributed by atoms with Crippen molar-refractivity contribution in [2.75, 3.05) is 0 Å². The fourth-order valence-electron chi connectivity index (χ4n) is 3.57. The summed E-state index contributed by atoms with van der Waals surface area (Å²) >= 11 is 0. The standard InChI is InChI=1S/C17H22N2/c1-12-4-2-5-13(8-12)15-9-16(10-15)19-17-7-3-6-14(17)11-18/h2,4-5,8,14-17,19H,3,6-7,9-10H2,1H3. The Kier molecular flexibility index (Phi) is 3.57. The van der Waals surface area contributed by atoms with Crippen molar-refractivity contribution in [2.45, 2.75) is 57.0 Å². The molecule has 0 radical (unpaired) electrons. The van der Waals surface area contributed by atoms with Crippen molar-refractivity contribution in [3.63, 3.8) is 0 Å². The smallest absolute Gasteiger partial charge is 0.0672 e. The lowest BCUT2D eigenvalue weighted by Crippen LogP contribution is -2.46. The molecule has 0 aliphatic heterocycles. The molecule has 2 atom stereocenters. The van der Waals surface area contributed by atoms with Crippen molar-refractivity contribution < 1.29 is 0 Å². The van der Waals surface area contributed by atoms with E-state index >= 15 is 0 Å². The second-order valence-electron chi connectivity index (χ2n) is 6.22. The highest BCUT2D eigenvalue weighted by atomic mass is 15.0. The topological polar surface area (TPSA) is 35.8 Å². The largest absolute Gasteiger partial charge is 0.310 e. The van der Waals surface area contributed by atoms with E-state index in [1.165, 1.54) is 36.8 Å². The Hall–Kier alpha value is -1.33. The normalized spacial score (nSPS) is 33.7. The third kappa shape index (κ3) is 2.67. The molecule has 3 rings (SSSR count). The lowest BCUT2D eigenvalue weighted by atomic mass is 9.75. The maximum absolute atomic E-state index is 9.11. The van der Waals surface area contributed by atoms with Crippen LogP contribution in [0.1, 0.15) is 49.1 Å². The first-order valence-electron chi connectivity index (χ1n) is 7.48. The summed E-state index contributed by atoms with van der Waals surface area (Å²) in [7, 11) is 0. The van der Waals surface area contributed by atoms with E-state index in [0.717, 1.165) is 12.3 Å². The van der Waals surface area contributed by atoms with Crippen LogP contribution in [-0.4, -0.2) is 12.1 Å². The predicted molar refractivity (Wildman–Crippen MR) is 76.8 cm³/mol. The van der Waals surface area contributed by atoms with Gasteiger partial charge in [0, 0.05) is 12.1 Å². The van der Waals surface area contributed by atoms with Gasteiger partial charge < -0.3 is 5.32 Å². The number of nitriles is 1. The molecular weight excluding hydrogens is 232 g/mol. The number of nitrogens with one attached hydrogen (secondary N) is 1. The quantitative estimate of drug-likeness (QED) is 0.895. The number of aryl methyl sites for hydroxylation is 1. The number of hydrogen-bond acceptors (Lipinski definition) is 2. The molecule has 0 heterocycles. The maximum atomic E-state index is 9.11. The fraction of sp³-hybridized carbons (Fsp3) is 0.588. The second kappa shape index (κ2) is 5.35. The number of rotatable bonds is 3. The molecule has 2 aliphatic carbocycles. The summed E-state index contributed by atoms with van der Waals surface area (Å²) in [6.45, 7) is 2.16. The highest BCUT2D eigenvalue weighted by Crippen LogP contribution is 2.38. The molecule has 0 bridgehead atoms. The first-order valence-corrected chi connectivity index (χ1v) is 7.48. The number of benzene rings is 1. The van der Waals surface area contributed by atoms with Crippen molar-refractivity contribution in [1.29, 1.82) is 5.26 Å². The summed E-state index contributed by atoms with van der Waals surface area (Å²) in [6.07, 6.45) is 5.95. The first-order chi connectivity index (χ1) is 9.26. The van der Waals surface area contributed by atoms with Gasteiger partial charge in [-0.3, -0.25) is 0 Å². The van der Waals surface area contributed by atoms with E-state index in [4.69, 9.17) is 5.26 Å². The third-order valence-electron chi connectivity index (χ3n) is 4.78. The van der Waals surface area contributed by atoms with Crippen molar-refractivity contribution in [3.05, 3.63) is 35.4 Å². The highest BCUT2D eigenvalue weighted by molar-refractivity contribution is 5.27. The van der Waals surface area contributed by atoms with Gasteiger partial charge in [0.1, 0.15) is 0 Å². The minimum Gasteiger partial charge on any atom is -0.310 e. The molecule has 2 nitrogen and oxygen atoms in total. The minimum atomic E-state index is 0.248. The molecule has 100 valence electrons. The van der Waals surface area contributed by atoms with Crippen LogP contribution in [0.4, 0.5) is 0 Å². The lowest BCUT2D eigenvalue weighted by Gasteiger charge is -2.38. The summed E-state index contributed by atoms with van der Waals surface area (Å²) in [4.78, 5) is 0. The summed E-state index contributed by atoms with van der Waals surface area (Å²) in [6, 6.07) is 12.4. The van der Waals surface area contributed by atoms with Crippen molar-refractivity contribution >= 4 is 0 Å². The Morgan fingerprint density at radius 1 is 1.26 bits per heavy atom. The van der Waals surface area contributed by atoms with Crippen LogP contribution in [0.25, 0.3) is 0 Å². The van der Waals surface area contributed by atoms with E-state index in [2.05, 4.69) is 42.6 Å².